The van der Waals surface area contributed by atoms with Crippen molar-refractivity contribution in [2.75, 3.05) is 39.8 Å². The van der Waals surface area contributed by atoms with Crippen molar-refractivity contribution in [3.05, 3.63) is 83.6 Å². The van der Waals surface area contributed by atoms with E-state index in [1.807, 2.05) is 43.0 Å². The van der Waals surface area contributed by atoms with Crippen LogP contribution in [0.1, 0.15) is 35.3 Å². The molecule has 1 aliphatic heterocycles. The number of hydrogen-bond acceptors (Lipinski definition) is 4. The number of aromatic nitrogens is 1. The van der Waals surface area contributed by atoms with Gasteiger partial charge in [0.25, 0.3) is 5.91 Å². The minimum Gasteiger partial charge on any atom is -0.492 e. The van der Waals surface area contributed by atoms with Crippen LogP contribution in [0.4, 0.5) is 0 Å². The minimum absolute atomic E-state index is 0.127. The van der Waals surface area contributed by atoms with E-state index in [4.69, 9.17) is 4.74 Å². The maximum Gasteiger partial charge on any atom is 0.253 e. The van der Waals surface area contributed by atoms with Crippen LogP contribution < -0.4 is 4.74 Å². The summed E-state index contributed by atoms with van der Waals surface area (Å²) in [5.74, 6) is 0.999. The number of rotatable bonds is 5. The summed E-state index contributed by atoms with van der Waals surface area (Å²) in [6, 6.07) is 20.6. The summed E-state index contributed by atoms with van der Waals surface area (Å²) in [5.41, 5.74) is 4.13. The summed E-state index contributed by atoms with van der Waals surface area (Å²) in [6.07, 6.45) is 2.61. The molecule has 0 spiro atoms. The van der Waals surface area contributed by atoms with E-state index in [1.165, 1.54) is 11.1 Å². The second-order valence-corrected chi connectivity index (χ2v) is 8.92. The van der Waals surface area contributed by atoms with Gasteiger partial charge in [-0.25, -0.2) is 0 Å². The van der Waals surface area contributed by atoms with Gasteiger partial charge in [0.2, 0.25) is 0 Å². The normalized spacial score (nSPS) is 14.0. The van der Waals surface area contributed by atoms with Gasteiger partial charge < -0.3 is 14.5 Å². The van der Waals surface area contributed by atoms with E-state index in [0.29, 0.717) is 6.61 Å². The van der Waals surface area contributed by atoms with E-state index in [9.17, 15) is 4.79 Å². The lowest BCUT2D eigenvalue weighted by Gasteiger charge is -2.32. The molecule has 0 bridgehead atoms. The average molecular weight is 470 g/mol. The first-order valence-electron chi connectivity index (χ1n) is 12.6. The van der Waals surface area contributed by atoms with Gasteiger partial charge in [0.15, 0.2) is 0 Å². The van der Waals surface area contributed by atoms with E-state index in [1.54, 1.807) is 6.20 Å². The average Bonchev–Trinajstić information content (AvgIpc) is 2.90. The number of aryl methyl sites for hydroxylation is 1. The Balaban J connectivity index is 0.00000141. The highest BCUT2D eigenvalue weighted by Crippen LogP contribution is 2.25. The monoisotopic (exact) mass is 469 g/mol. The Bertz CT molecular complexity index is 1310. The molecule has 5 nitrogen and oxygen atoms in total. The van der Waals surface area contributed by atoms with Crippen LogP contribution in [-0.2, 0) is 6.42 Å². The lowest BCUT2D eigenvalue weighted by atomic mass is 10.0. The van der Waals surface area contributed by atoms with Gasteiger partial charge in [-0.2, -0.15) is 0 Å². The Kier molecular flexibility index (Phi) is 7.98. The number of pyridine rings is 1. The van der Waals surface area contributed by atoms with Gasteiger partial charge in [-0.1, -0.05) is 49.7 Å². The predicted octanol–water partition coefficient (Wildman–Crippen LogP) is 5.73. The third-order valence-corrected chi connectivity index (χ3v) is 6.45. The van der Waals surface area contributed by atoms with Gasteiger partial charge in [-0.15, -0.1) is 0 Å². The molecule has 1 aliphatic rings. The molecule has 0 N–H and O–H groups in total. The maximum absolute atomic E-state index is 12.9. The molecule has 0 unspecified atom stereocenters. The predicted molar refractivity (Wildman–Crippen MR) is 144 cm³/mol. The lowest BCUT2D eigenvalue weighted by Crippen LogP contribution is -2.47. The number of ether oxygens (including phenoxy) is 1. The van der Waals surface area contributed by atoms with Crippen LogP contribution in [0.5, 0.6) is 5.75 Å². The van der Waals surface area contributed by atoms with Gasteiger partial charge in [-0.3, -0.25) is 9.78 Å². The van der Waals surface area contributed by atoms with Crippen molar-refractivity contribution >= 4 is 27.6 Å². The molecular formula is C30H35N3O2. The molecule has 35 heavy (non-hydrogen) atoms. The Morgan fingerprint density at radius 3 is 2.46 bits per heavy atom. The molecule has 3 aromatic carbocycles. The molecule has 1 saturated heterocycles. The van der Waals surface area contributed by atoms with E-state index < -0.39 is 0 Å². The number of piperazine rings is 1. The lowest BCUT2D eigenvalue weighted by molar-refractivity contribution is 0.0664. The molecule has 0 atom stereocenters. The fourth-order valence-corrected chi connectivity index (χ4v) is 4.42. The first-order valence-corrected chi connectivity index (χ1v) is 12.6. The number of hydrogen-bond donors (Lipinski definition) is 0. The Morgan fingerprint density at radius 1 is 0.914 bits per heavy atom. The third kappa shape index (κ3) is 5.80. The Hall–Kier alpha value is -3.44. The van der Waals surface area contributed by atoms with Crippen LogP contribution in [0.15, 0.2) is 66.9 Å². The highest BCUT2D eigenvalue weighted by atomic mass is 16.5. The summed E-state index contributed by atoms with van der Waals surface area (Å²) in [7, 11) is 2.10. The van der Waals surface area contributed by atoms with E-state index >= 15 is 0 Å². The zero-order valence-corrected chi connectivity index (χ0v) is 21.3. The number of amides is 1. The number of fused-ring (bicyclic) bond motifs is 2. The van der Waals surface area contributed by atoms with Gasteiger partial charge in [0.05, 0.1) is 12.1 Å². The van der Waals surface area contributed by atoms with Gasteiger partial charge in [0, 0.05) is 49.7 Å². The van der Waals surface area contributed by atoms with Crippen LogP contribution in [0.2, 0.25) is 0 Å². The molecule has 0 saturated carbocycles. The number of carbonyl (C=O) groups is 1. The topological polar surface area (TPSA) is 45.7 Å². The van der Waals surface area contributed by atoms with Crippen molar-refractivity contribution in [2.24, 2.45) is 0 Å². The van der Waals surface area contributed by atoms with Crippen molar-refractivity contribution in [1.29, 1.82) is 0 Å². The van der Waals surface area contributed by atoms with E-state index in [-0.39, 0.29) is 5.91 Å². The molecule has 5 rings (SSSR count). The SMILES string of the molecule is CC.Cc1ccc2nccc(OCCc3ccc4cc(C(=O)N5CCN(C)CC5)ccc4c3)c2c1. The molecule has 4 aromatic rings. The molecule has 1 amide bonds. The van der Waals surface area contributed by atoms with Crippen LogP contribution in [0.3, 0.4) is 0 Å². The van der Waals surface area contributed by atoms with Crippen LogP contribution in [0.25, 0.3) is 21.7 Å². The van der Waals surface area contributed by atoms with Crippen LogP contribution in [0, 0.1) is 6.92 Å². The summed E-state index contributed by atoms with van der Waals surface area (Å²) in [6.45, 7) is 10.1. The van der Waals surface area contributed by atoms with Gasteiger partial charge in [-0.05, 0) is 60.6 Å². The first kappa shape index (κ1) is 24.7. The number of carbonyl (C=O) groups excluding carboxylic acids is 1. The molecule has 1 aromatic heterocycles. The molecule has 0 radical (unpaired) electrons. The molecular weight excluding hydrogens is 434 g/mol. The smallest absolute Gasteiger partial charge is 0.253 e. The quantitative estimate of drug-likeness (QED) is 0.374. The second kappa shape index (κ2) is 11.3. The van der Waals surface area contributed by atoms with Crippen molar-refractivity contribution in [1.82, 2.24) is 14.8 Å². The highest BCUT2D eigenvalue weighted by Gasteiger charge is 2.20. The van der Waals surface area contributed by atoms with Gasteiger partial charge >= 0.3 is 0 Å². The first-order chi connectivity index (χ1) is 17.1. The second-order valence-electron chi connectivity index (χ2n) is 8.92. The standard InChI is InChI=1S/C28H29N3O2.C2H6/c1-20-3-8-26-25(17-20)27(9-11-29-26)33-16-10-21-4-5-23-19-24(7-6-22(23)18-21)28(32)31-14-12-30(2)13-15-31;1-2/h3-9,11,17-19H,10,12-16H2,1-2H3;1-2H3. The molecule has 1 fully saturated rings. The number of benzene rings is 3. The third-order valence-electron chi connectivity index (χ3n) is 6.45. The van der Waals surface area contributed by atoms with Crippen molar-refractivity contribution in [3.63, 3.8) is 0 Å². The number of likely N-dealkylation sites (N-methyl/N-ethyl adjacent to an activating group) is 1. The van der Waals surface area contributed by atoms with Crippen molar-refractivity contribution in [3.8, 4) is 5.75 Å². The molecule has 2 heterocycles. The van der Waals surface area contributed by atoms with Crippen molar-refractivity contribution in [2.45, 2.75) is 27.2 Å². The largest absolute Gasteiger partial charge is 0.492 e. The zero-order chi connectivity index (χ0) is 24.8. The Morgan fingerprint density at radius 2 is 1.66 bits per heavy atom. The zero-order valence-electron chi connectivity index (χ0n) is 21.3. The van der Waals surface area contributed by atoms with Crippen molar-refractivity contribution < 1.29 is 9.53 Å². The fourth-order valence-electron chi connectivity index (χ4n) is 4.42. The molecule has 5 heteroatoms. The van der Waals surface area contributed by atoms with Crippen LogP contribution in [-0.4, -0.2) is 60.5 Å². The summed E-state index contributed by atoms with van der Waals surface area (Å²) in [5, 5.41) is 3.29. The summed E-state index contributed by atoms with van der Waals surface area (Å²) >= 11 is 0. The summed E-state index contributed by atoms with van der Waals surface area (Å²) < 4.78 is 6.12. The summed E-state index contributed by atoms with van der Waals surface area (Å²) in [4.78, 5) is 21.5. The van der Waals surface area contributed by atoms with E-state index in [2.05, 4.69) is 60.3 Å². The molecule has 0 aliphatic carbocycles. The minimum atomic E-state index is 0.127. The maximum atomic E-state index is 12.9. The fraction of sp³-hybridized carbons (Fsp3) is 0.333. The number of nitrogens with zero attached hydrogens (tertiary/aromatic N) is 3. The van der Waals surface area contributed by atoms with E-state index in [0.717, 1.165) is 65.6 Å². The van der Waals surface area contributed by atoms with Crippen LogP contribution >= 0.6 is 0 Å². The Labute approximate surface area is 208 Å². The highest BCUT2D eigenvalue weighted by molar-refractivity contribution is 5.98. The molecule has 182 valence electrons. The van der Waals surface area contributed by atoms with Gasteiger partial charge in [0.1, 0.15) is 5.75 Å².